The first-order chi connectivity index (χ1) is 9.85. The lowest BCUT2D eigenvalue weighted by atomic mass is 10.2. The van der Waals surface area contributed by atoms with Gasteiger partial charge in [-0.15, -0.1) is 0 Å². The second kappa shape index (κ2) is 5.73. The van der Waals surface area contributed by atoms with Crippen LogP contribution in [0.2, 0.25) is 0 Å². The van der Waals surface area contributed by atoms with E-state index in [0.717, 1.165) is 17.2 Å². The lowest BCUT2D eigenvalue weighted by molar-refractivity contribution is 0.393. The Labute approximate surface area is 117 Å². The van der Waals surface area contributed by atoms with Crippen molar-refractivity contribution in [2.24, 2.45) is 0 Å². The quantitative estimate of drug-likeness (QED) is 0.838. The van der Waals surface area contributed by atoms with Crippen LogP contribution in [0.3, 0.4) is 0 Å². The van der Waals surface area contributed by atoms with Crippen LogP contribution in [-0.4, -0.2) is 28.1 Å². The standard InChI is InChI=1S/C14H17N5O/c1-20-14-10(3-2-6-15-14)8-16-12-7-13(18-9-17-12)19-11-4-5-11/h2-3,6-7,9,11H,4-5,8H2,1H3,(H2,16,17,18,19). The molecule has 0 aliphatic heterocycles. The molecule has 0 saturated heterocycles. The second-order valence-corrected chi connectivity index (χ2v) is 4.73. The average molecular weight is 271 g/mol. The van der Waals surface area contributed by atoms with Crippen LogP contribution < -0.4 is 15.4 Å². The monoisotopic (exact) mass is 271 g/mol. The van der Waals surface area contributed by atoms with Gasteiger partial charge in [0.05, 0.1) is 7.11 Å². The molecule has 0 aromatic carbocycles. The first-order valence-corrected chi connectivity index (χ1v) is 6.65. The summed E-state index contributed by atoms with van der Waals surface area (Å²) in [7, 11) is 1.62. The summed E-state index contributed by atoms with van der Waals surface area (Å²) in [4.78, 5) is 12.6. The molecule has 0 amide bonds. The smallest absolute Gasteiger partial charge is 0.218 e. The summed E-state index contributed by atoms with van der Waals surface area (Å²) in [5.41, 5.74) is 0.991. The fourth-order valence-corrected chi connectivity index (χ4v) is 1.90. The van der Waals surface area contributed by atoms with Crippen LogP contribution in [0.5, 0.6) is 5.88 Å². The predicted octanol–water partition coefficient (Wildman–Crippen LogP) is 2.07. The summed E-state index contributed by atoms with van der Waals surface area (Å²) >= 11 is 0. The topological polar surface area (TPSA) is 72.0 Å². The van der Waals surface area contributed by atoms with Gasteiger partial charge in [0.2, 0.25) is 5.88 Å². The number of methoxy groups -OCH3 is 1. The number of pyridine rings is 1. The highest BCUT2D eigenvalue weighted by molar-refractivity contribution is 5.48. The maximum Gasteiger partial charge on any atom is 0.218 e. The fraction of sp³-hybridized carbons (Fsp3) is 0.357. The molecule has 2 heterocycles. The van der Waals surface area contributed by atoms with Gasteiger partial charge in [0.15, 0.2) is 0 Å². The Bertz CT molecular complexity index is 585. The average Bonchev–Trinajstić information content (AvgIpc) is 3.30. The third-order valence-corrected chi connectivity index (χ3v) is 3.10. The van der Waals surface area contributed by atoms with Crippen molar-refractivity contribution in [3.63, 3.8) is 0 Å². The van der Waals surface area contributed by atoms with Gasteiger partial charge in [0.25, 0.3) is 0 Å². The van der Waals surface area contributed by atoms with E-state index in [1.807, 2.05) is 18.2 Å². The minimum atomic E-state index is 0.580. The minimum absolute atomic E-state index is 0.580. The molecule has 104 valence electrons. The Morgan fingerprint density at radius 1 is 1.25 bits per heavy atom. The fourth-order valence-electron chi connectivity index (χ4n) is 1.90. The normalized spacial score (nSPS) is 13.8. The van der Waals surface area contributed by atoms with Gasteiger partial charge in [0, 0.05) is 30.4 Å². The lowest BCUT2D eigenvalue weighted by Crippen LogP contribution is -2.07. The van der Waals surface area contributed by atoms with Crippen LogP contribution in [-0.2, 0) is 6.54 Å². The van der Waals surface area contributed by atoms with E-state index in [-0.39, 0.29) is 0 Å². The molecule has 2 aromatic rings. The van der Waals surface area contributed by atoms with Crippen molar-refractivity contribution in [2.45, 2.75) is 25.4 Å². The van der Waals surface area contributed by atoms with Crippen LogP contribution in [0.4, 0.5) is 11.6 Å². The summed E-state index contributed by atoms with van der Waals surface area (Å²) in [6, 6.07) is 6.36. The molecular formula is C14H17N5O. The zero-order valence-electron chi connectivity index (χ0n) is 11.3. The third kappa shape index (κ3) is 3.14. The van der Waals surface area contributed by atoms with Crippen molar-refractivity contribution >= 4 is 11.6 Å². The number of rotatable bonds is 6. The third-order valence-electron chi connectivity index (χ3n) is 3.10. The van der Waals surface area contributed by atoms with Crippen LogP contribution in [0.15, 0.2) is 30.7 Å². The number of nitrogens with zero attached hydrogens (tertiary/aromatic N) is 3. The Kier molecular flexibility index (Phi) is 3.62. The van der Waals surface area contributed by atoms with Crippen molar-refractivity contribution in [3.05, 3.63) is 36.3 Å². The van der Waals surface area contributed by atoms with Gasteiger partial charge < -0.3 is 15.4 Å². The summed E-state index contributed by atoms with van der Waals surface area (Å²) in [5.74, 6) is 2.28. The second-order valence-electron chi connectivity index (χ2n) is 4.73. The zero-order chi connectivity index (χ0) is 13.8. The van der Waals surface area contributed by atoms with Crippen LogP contribution >= 0.6 is 0 Å². The first-order valence-electron chi connectivity index (χ1n) is 6.65. The van der Waals surface area contributed by atoms with E-state index >= 15 is 0 Å². The Morgan fingerprint density at radius 2 is 2.10 bits per heavy atom. The SMILES string of the molecule is COc1ncccc1CNc1cc(NC2CC2)ncn1. The molecule has 2 aromatic heterocycles. The summed E-state index contributed by atoms with van der Waals surface area (Å²) < 4.78 is 5.22. The van der Waals surface area contributed by atoms with Gasteiger partial charge in [0.1, 0.15) is 18.0 Å². The zero-order valence-corrected chi connectivity index (χ0v) is 11.3. The molecule has 0 unspecified atom stereocenters. The highest BCUT2D eigenvalue weighted by Crippen LogP contribution is 2.24. The molecule has 6 heteroatoms. The van der Waals surface area contributed by atoms with Crippen molar-refractivity contribution in [1.82, 2.24) is 15.0 Å². The molecule has 1 aliphatic rings. The van der Waals surface area contributed by atoms with Crippen LogP contribution in [0.1, 0.15) is 18.4 Å². The lowest BCUT2D eigenvalue weighted by Gasteiger charge is -2.10. The molecule has 0 atom stereocenters. The number of nitrogens with one attached hydrogen (secondary N) is 2. The van der Waals surface area contributed by atoms with Gasteiger partial charge in [-0.25, -0.2) is 15.0 Å². The van der Waals surface area contributed by atoms with Gasteiger partial charge in [-0.05, 0) is 18.9 Å². The van der Waals surface area contributed by atoms with Crippen LogP contribution in [0.25, 0.3) is 0 Å². The number of ether oxygens (including phenoxy) is 1. The van der Waals surface area contributed by atoms with E-state index in [0.29, 0.717) is 18.5 Å². The molecule has 1 aliphatic carbocycles. The van der Waals surface area contributed by atoms with E-state index in [1.165, 1.54) is 12.8 Å². The highest BCUT2D eigenvalue weighted by atomic mass is 16.5. The van der Waals surface area contributed by atoms with Gasteiger partial charge in [-0.2, -0.15) is 0 Å². The number of hydrogen-bond donors (Lipinski definition) is 2. The van der Waals surface area contributed by atoms with E-state index in [1.54, 1.807) is 19.6 Å². The molecule has 0 radical (unpaired) electrons. The number of hydrogen-bond acceptors (Lipinski definition) is 6. The molecule has 0 spiro atoms. The molecule has 1 saturated carbocycles. The van der Waals surface area contributed by atoms with Crippen molar-refractivity contribution in [1.29, 1.82) is 0 Å². The van der Waals surface area contributed by atoms with Gasteiger partial charge in [-0.1, -0.05) is 6.07 Å². The number of aromatic nitrogens is 3. The predicted molar refractivity (Wildman–Crippen MR) is 76.8 cm³/mol. The molecule has 6 nitrogen and oxygen atoms in total. The van der Waals surface area contributed by atoms with E-state index in [2.05, 4.69) is 25.6 Å². The van der Waals surface area contributed by atoms with E-state index < -0.39 is 0 Å². The number of anilines is 2. The molecule has 2 N–H and O–H groups in total. The van der Waals surface area contributed by atoms with Crippen molar-refractivity contribution in [2.75, 3.05) is 17.7 Å². The highest BCUT2D eigenvalue weighted by Gasteiger charge is 2.21. The molecule has 3 rings (SSSR count). The summed E-state index contributed by atoms with van der Waals surface area (Å²) in [6.07, 6.45) is 5.72. The molecule has 20 heavy (non-hydrogen) atoms. The maximum atomic E-state index is 5.22. The summed E-state index contributed by atoms with van der Waals surface area (Å²) in [5, 5.41) is 6.61. The van der Waals surface area contributed by atoms with Crippen LogP contribution in [0, 0.1) is 0 Å². The Hall–Kier alpha value is -2.37. The maximum absolute atomic E-state index is 5.22. The molecule has 1 fully saturated rings. The first kappa shape index (κ1) is 12.7. The van der Waals surface area contributed by atoms with Crippen molar-refractivity contribution in [3.8, 4) is 5.88 Å². The van der Waals surface area contributed by atoms with Gasteiger partial charge in [-0.3, -0.25) is 0 Å². The molecular weight excluding hydrogens is 254 g/mol. The van der Waals surface area contributed by atoms with E-state index in [9.17, 15) is 0 Å². The van der Waals surface area contributed by atoms with Crippen molar-refractivity contribution < 1.29 is 4.74 Å². The Balaban J connectivity index is 1.65. The van der Waals surface area contributed by atoms with Gasteiger partial charge >= 0.3 is 0 Å². The molecule has 0 bridgehead atoms. The summed E-state index contributed by atoms with van der Waals surface area (Å²) in [6.45, 7) is 0.608. The largest absolute Gasteiger partial charge is 0.481 e. The minimum Gasteiger partial charge on any atom is -0.481 e. The Morgan fingerprint density at radius 3 is 2.90 bits per heavy atom. The van der Waals surface area contributed by atoms with E-state index in [4.69, 9.17) is 4.74 Å².